The normalized spacial score (nSPS) is 40.8. The summed E-state index contributed by atoms with van der Waals surface area (Å²) in [5, 5.41) is 23.2. The molecule has 206 valence electrons. The van der Waals surface area contributed by atoms with Gasteiger partial charge in [-0.1, -0.05) is 33.8 Å². The van der Waals surface area contributed by atoms with Crippen LogP contribution < -0.4 is 4.74 Å². The minimum atomic E-state index is -0.909. The fourth-order valence-corrected chi connectivity index (χ4v) is 9.58. The van der Waals surface area contributed by atoms with E-state index in [2.05, 4.69) is 47.9 Å². The Hall–Kier alpha value is -0.870. The van der Waals surface area contributed by atoms with Gasteiger partial charge in [0.1, 0.15) is 11.7 Å². The van der Waals surface area contributed by atoms with Crippen molar-refractivity contribution in [1.82, 2.24) is 4.90 Å². The fourth-order valence-electron chi connectivity index (χ4n) is 9.58. The second-order valence-electron chi connectivity index (χ2n) is 14.2. The molecule has 1 saturated heterocycles. The molecule has 0 aromatic heterocycles. The van der Waals surface area contributed by atoms with Crippen LogP contribution in [0.1, 0.15) is 84.3 Å². The van der Waals surface area contributed by atoms with Gasteiger partial charge in [0.2, 0.25) is 0 Å². The largest absolute Gasteiger partial charge is 0.504 e. The van der Waals surface area contributed by atoms with Gasteiger partial charge in [0, 0.05) is 42.0 Å². The molecule has 1 aromatic carbocycles. The Morgan fingerprint density at radius 3 is 2.49 bits per heavy atom. The van der Waals surface area contributed by atoms with Crippen molar-refractivity contribution in [1.29, 1.82) is 0 Å². The van der Waals surface area contributed by atoms with Gasteiger partial charge in [-0.05, 0) is 87.5 Å². The Balaban J connectivity index is 0.000000804. The van der Waals surface area contributed by atoms with Crippen LogP contribution in [0.3, 0.4) is 0 Å². The predicted molar refractivity (Wildman–Crippen MR) is 150 cm³/mol. The molecular formula is C31H48NO4P. The van der Waals surface area contributed by atoms with E-state index in [-0.39, 0.29) is 34.0 Å². The van der Waals surface area contributed by atoms with Gasteiger partial charge < -0.3 is 19.7 Å². The summed E-state index contributed by atoms with van der Waals surface area (Å²) in [6.45, 7) is 12.9. The van der Waals surface area contributed by atoms with Crippen LogP contribution in [0.15, 0.2) is 12.1 Å². The van der Waals surface area contributed by atoms with E-state index in [1.807, 2.05) is 20.1 Å². The van der Waals surface area contributed by atoms with E-state index in [1.54, 1.807) is 0 Å². The van der Waals surface area contributed by atoms with Gasteiger partial charge >= 0.3 is 0 Å². The highest BCUT2D eigenvalue weighted by atomic mass is 31.0. The number of hydrogen-bond acceptors (Lipinski definition) is 5. The quantitative estimate of drug-likeness (QED) is 0.519. The number of fused-ring (bicyclic) bond motifs is 2. The lowest BCUT2D eigenvalue weighted by atomic mass is 9.33. The summed E-state index contributed by atoms with van der Waals surface area (Å²) in [5.74, 6) is 1.80. The topological polar surface area (TPSA) is 62.2 Å². The summed E-state index contributed by atoms with van der Waals surface area (Å²) < 4.78 is 13.5. The highest BCUT2D eigenvalue weighted by molar-refractivity contribution is 7.16. The third-order valence-corrected chi connectivity index (χ3v) is 11.9. The van der Waals surface area contributed by atoms with Crippen molar-refractivity contribution in [3.05, 3.63) is 23.3 Å². The van der Waals surface area contributed by atoms with Crippen LogP contribution in [0.4, 0.5) is 0 Å². The Morgan fingerprint density at radius 1 is 1.16 bits per heavy atom. The van der Waals surface area contributed by atoms with Crippen molar-refractivity contribution in [3.63, 3.8) is 0 Å². The molecule has 8 rings (SSSR count). The third-order valence-electron chi connectivity index (χ3n) is 11.9. The number of ether oxygens (including phenoxy) is 2. The molecule has 1 aromatic rings. The van der Waals surface area contributed by atoms with Crippen molar-refractivity contribution >= 4 is 9.24 Å². The molecule has 5 fully saturated rings. The number of methoxy groups -OCH3 is 1. The predicted octanol–water partition coefficient (Wildman–Crippen LogP) is 5.30. The average Bonchev–Trinajstić information content (AvgIpc) is 3.58. The first kappa shape index (κ1) is 26.4. The number of benzene rings is 1. The number of aliphatic hydroxyl groups is 1. The van der Waals surface area contributed by atoms with Crippen LogP contribution in [0, 0.1) is 22.7 Å². The van der Waals surface area contributed by atoms with Gasteiger partial charge in [0.15, 0.2) is 11.5 Å². The molecule has 5 nitrogen and oxygen atoms in total. The number of hydrogen-bond donors (Lipinski definition) is 2. The third kappa shape index (κ3) is 3.18. The standard InChI is InChI=1S/C29H41NO4.C2H7P/c1-25(2,3)26(4,32)20-15-27-10-11-29(20,33-5)24-28(27)12-13-30(16-17-6-7-17)21(27)14-18-8-9-19(31)23(34-24)22(18)28;1-2-3/h8-9,17,20-21,24,31-32H,6-7,10-16H2,1-5H3;2-3H2,1H3/t20-,21-,24-,26+,27-,28+,29+;/m1./s1. The van der Waals surface area contributed by atoms with Gasteiger partial charge in [-0.2, -0.15) is 0 Å². The maximum atomic E-state index is 12.2. The van der Waals surface area contributed by atoms with Crippen LogP contribution in [0.25, 0.3) is 0 Å². The zero-order valence-electron chi connectivity index (χ0n) is 23.8. The second-order valence-corrected chi connectivity index (χ2v) is 15.0. The Bertz CT molecular complexity index is 1080. The molecule has 7 aliphatic rings. The van der Waals surface area contributed by atoms with Crippen LogP contribution in [-0.4, -0.2) is 64.8 Å². The molecule has 1 unspecified atom stereocenters. The van der Waals surface area contributed by atoms with Crippen LogP contribution in [0.2, 0.25) is 0 Å². The highest BCUT2D eigenvalue weighted by Gasteiger charge is 2.82. The summed E-state index contributed by atoms with van der Waals surface area (Å²) in [7, 11) is 4.41. The van der Waals surface area contributed by atoms with Crippen LogP contribution in [0.5, 0.6) is 11.5 Å². The van der Waals surface area contributed by atoms with E-state index >= 15 is 0 Å². The summed E-state index contributed by atoms with van der Waals surface area (Å²) in [4.78, 5) is 2.82. The van der Waals surface area contributed by atoms with Crippen molar-refractivity contribution in [2.24, 2.45) is 22.7 Å². The minimum Gasteiger partial charge on any atom is -0.504 e. The van der Waals surface area contributed by atoms with E-state index in [9.17, 15) is 10.2 Å². The van der Waals surface area contributed by atoms with E-state index in [0.717, 1.165) is 44.6 Å². The maximum Gasteiger partial charge on any atom is 0.165 e. The molecule has 0 amide bonds. The van der Waals surface area contributed by atoms with E-state index in [4.69, 9.17) is 9.47 Å². The Morgan fingerprint density at radius 2 is 1.86 bits per heavy atom. The molecule has 2 heterocycles. The Kier molecular flexibility index (Phi) is 5.93. The molecule has 37 heavy (non-hydrogen) atoms. The highest BCUT2D eigenvalue weighted by Crippen LogP contribution is 2.78. The maximum absolute atomic E-state index is 12.2. The van der Waals surface area contributed by atoms with Crippen LogP contribution >= 0.6 is 9.24 Å². The average molecular weight is 530 g/mol. The number of likely N-dealkylation sites (tertiary alicyclic amines) is 1. The van der Waals surface area contributed by atoms with E-state index in [0.29, 0.717) is 11.8 Å². The van der Waals surface area contributed by atoms with Gasteiger partial charge in [0.25, 0.3) is 0 Å². The summed E-state index contributed by atoms with van der Waals surface area (Å²) >= 11 is 0. The SMILES string of the molecule is CCP.CO[C@@]12CC[C@@]3(C[C@@H]1[C@](C)(O)C(C)(C)C)[C@H]1Cc4ccc(O)c5c4[C@@]3(CCN1CC1CC1)[C@H]2O5. The number of nitrogens with zero attached hydrogens (tertiary/aromatic N) is 1. The Labute approximate surface area is 225 Å². The molecule has 2 N–H and O–H groups in total. The fraction of sp³-hybridized carbons (Fsp3) is 0.806. The molecule has 2 aliphatic heterocycles. The van der Waals surface area contributed by atoms with Crippen molar-refractivity contribution < 1.29 is 19.7 Å². The number of piperidine rings is 1. The molecule has 4 saturated carbocycles. The molecule has 4 bridgehead atoms. The van der Waals surface area contributed by atoms with E-state index in [1.165, 1.54) is 36.7 Å². The molecule has 2 spiro atoms. The number of rotatable bonds is 4. The number of phenols is 1. The lowest BCUT2D eigenvalue weighted by Crippen LogP contribution is -2.83. The number of aromatic hydroxyl groups is 1. The van der Waals surface area contributed by atoms with Gasteiger partial charge in [0.05, 0.1) is 5.60 Å². The van der Waals surface area contributed by atoms with Crippen LogP contribution in [-0.2, 0) is 16.6 Å². The lowest BCUT2D eigenvalue weighted by molar-refractivity contribution is -0.312. The van der Waals surface area contributed by atoms with Crippen molar-refractivity contribution in [2.75, 3.05) is 26.4 Å². The zero-order valence-corrected chi connectivity index (χ0v) is 24.9. The van der Waals surface area contributed by atoms with E-state index < -0.39 is 11.2 Å². The minimum absolute atomic E-state index is 0.0294. The lowest BCUT2D eigenvalue weighted by Gasteiger charge is -2.75. The first-order valence-electron chi connectivity index (χ1n) is 14.7. The van der Waals surface area contributed by atoms with Crippen molar-refractivity contribution in [2.45, 2.75) is 108 Å². The van der Waals surface area contributed by atoms with Gasteiger partial charge in [-0.15, -0.1) is 9.24 Å². The molecule has 8 atom stereocenters. The molecular weight excluding hydrogens is 481 g/mol. The summed E-state index contributed by atoms with van der Waals surface area (Å²) in [6, 6.07) is 4.46. The number of phenolic OH excluding ortho intramolecular Hbond substituents is 1. The smallest absolute Gasteiger partial charge is 0.165 e. The first-order valence-corrected chi connectivity index (χ1v) is 15.5. The zero-order chi connectivity index (χ0) is 26.6. The summed E-state index contributed by atoms with van der Waals surface area (Å²) in [5.41, 5.74) is 0.783. The first-order chi connectivity index (χ1) is 17.4. The molecule has 6 heteroatoms. The molecule has 5 aliphatic carbocycles. The summed E-state index contributed by atoms with van der Waals surface area (Å²) in [6.07, 6.45) is 8.80. The monoisotopic (exact) mass is 529 g/mol. The van der Waals surface area contributed by atoms with Crippen molar-refractivity contribution in [3.8, 4) is 11.5 Å². The van der Waals surface area contributed by atoms with Gasteiger partial charge in [-0.3, -0.25) is 4.90 Å². The van der Waals surface area contributed by atoms with Gasteiger partial charge in [-0.25, -0.2) is 0 Å². The molecule has 0 radical (unpaired) electrons. The second kappa shape index (κ2) is 8.32.